The van der Waals surface area contributed by atoms with Gasteiger partial charge in [-0.25, -0.2) is 4.98 Å². The van der Waals surface area contributed by atoms with Crippen molar-refractivity contribution >= 4 is 32.6 Å². The predicted octanol–water partition coefficient (Wildman–Crippen LogP) is 5.19. The Morgan fingerprint density at radius 1 is 1.20 bits per heavy atom. The molecule has 3 aromatic heterocycles. The number of pyridine rings is 1. The molecule has 154 valence electrons. The zero-order chi connectivity index (χ0) is 21.3. The highest BCUT2D eigenvalue weighted by molar-refractivity contribution is 7.22. The fraction of sp³-hybridized carbons (Fsp3) is 0.304. The van der Waals surface area contributed by atoms with Crippen molar-refractivity contribution in [3.05, 3.63) is 71.3 Å². The van der Waals surface area contributed by atoms with Crippen LogP contribution in [-0.2, 0) is 13.0 Å². The number of rotatable bonds is 6. The monoisotopic (exact) mass is 419 g/mol. The summed E-state index contributed by atoms with van der Waals surface area (Å²) in [5.41, 5.74) is 4.51. The summed E-state index contributed by atoms with van der Waals surface area (Å²) in [7, 11) is 0. The highest BCUT2D eigenvalue weighted by Gasteiger charge is 2.26. The van der Waals surface area contributed by atoms with Crippen LogP contribution in [0.15, 0.2) is 48.8 Å². The molecule has 0 bridgehead atoms. The van der Waals surface area contributed by atoms with Crippen LogP contribution in [-0.4, -0.2) is 25.7 Å². The number of benzene rings is 1. The van der Waals surface area contributed by atoms with E-state index in [1.54, 1.807) is 33.3 Å². The van der Waals surface area contributed by atoms with Crippen LogP contribution in [0.1, 0.15) is 54.1 Å². The van der Waals surface area contributed by atoms with Crippen molar-refractivity contribution in [3.63, 3.8) is 0 Å². The van der Waals surface area contributed by atoms with E-state index in [-0.39, 0.29) is 11.9 Å². The summed E-state index contributed by atoms with van der Waals surface area (Å²) in [6.07, 6.45) is 4.49. The van der Waals surface area contributed by atoms with Crippen molar-refractivity contribution in [2.24, 2.45) is 0 Å². The third-order valence-corrected chi connectivity index (χ3v) is 6.00. The molecule has 0 radical (unpaired) electrons. The van der Waals surface area contributed by atoms with E-state index in [4.69, 9.17) is 4.98 Å². The van der Waals surface area contributed by atoms with Gasteiger partial charge in [0.2, 0.25) is 0 Å². The van der Waals surface area contributed by atoms with Gasteiger partial charge < -0.3 is 0 Å². The van der Waals surface area contributed by atoms with Gasteiger partial charge in [-0.1, -0.05) is 30.4 Å². The minimum Gasteiger partial charge on any atom is -0.278 e. The Bertz CT molecular complexity index is 1180. The van der Waals surface area contributed by atoms with Crippen LogP contribution in [0.2, 0.25) is 0 Å². The number of hydrogen-bond donors (Lipinski definition) is 0. The second-order valence-corrected chi connectivity index (χ2v) is 8.62. The van der Waals surface area contributed by atoms with E-state index < -0.39 is 0 Å². The van der Waals surface area contributed by atoms with Crippen molar-refractivity contribution in [1.82, 2.24) is 19.7 Å². The molecule has 0 aliphatic carbocycles. The molecule has 0 saturated carbocycles. The molecule has 0 saturated heterocycles. The van der Waals surface area contributed by atoms with Crippen molar-refractivity contribution in [2.75, 3.05) is 4.90 Å². The first kappa shape index (κ1) is 20.2. The highest BCUT2D eigenvalue weighted by atomic mass is 32.1. The first-order valence-electron chi connectivity index (χ1n) is 10.1. The summed E-state index contributed by atoms with van der Waals surface area (Å²) >= 11 is 1.54. The van der Waals surface area contributed by atoms with Crippen LogP contribution in [0.25, 0.3) is 10.2 Å². The Kier molecular flexibility index (Phi) is 5.63. The molecule has 0 spiro atoms. The zero-order valence-corrected chi connectivity index (χ0v) is 18.5. The number of amides is 1. The standard InChI is InChI=1S/C23H25N5OS/c1-5-17-8-9-19-21(12-17)30-23(25-19)27(14-18-7-6-10-24-13-18)22(29)20-11-16(4)26-28(20)15(2)3/h6-13,15H,5,14H2,1-4H3. The number of carbonyl (C=O) groups excluding carboxylic acids is 1. The number of hydrogen-bond acceptors (Lipinski definition) is 5. The third-order valence-electron chi connectivity index (χ3n) is 4.96. The normalized spacial score (nSPS) is 11.4. The lowest BCUT2D eigenvalue weighted by molar-refractivity contribution is 0.0973. The molecule has 7 heteroatoms. The van der Waals surface area contributed by atoms with Gasteiger partial charge in [-0.2, -0.15) is 5.10 Å². The van der Waals surface area contributed by atoms with Crippen LogP contribution in [0.4, 0.5) is 5.13 Å². The number of thiazole rings is 1. The lowest BCUT2D eigenvalue weighted by Gasteiger charge is -2.21. The molecule has 0 aliphatic heterocycles. The average Bonchev–Trinajstić information content (AvgIpc) is 3.35. The smallest absolute Gasteiger partial charge is 0.278 e. The van der Waals surface area contributed by atoms with Gasteiger partial charge in [0.1, 0.15) is 5.69 Å². The number of fused-ring (bicyclic) bond motifs is 1. The van der Waals surface area contributed by atoms with Crippen molar-refractivity contribution in [3.8, 4) is 0 Å². The van der Waals surface area contributed by atoms with Gasteiger partial charge >= 0.3 is 0 Å². The second kappa shape index (κ2) is 8.36. The molecule has 0 unspecified atom stereocenters. The van der Waals surface area contributed by atoms with Crippen molar-refractivity contribution in [2.45, 2.75) is 46.7 Å². The van der Waals surface area contributed by atoms with E-state index in [0.29, 0.717) is 17.4 Å². The van der Waals surface area contributed by atoms with Crippen LogP contribution in [0.3, 0.4) is 0 Å². The zero-order valence-electron chi connectivity index (χ0n) is 17.7. The van der Waals surface area contributed by atoms with E-state index in [0.717, 1.165) is 27.9 Å². The van der Waals surface area contributed by atoms with Crippen LogP contribution in [0, 0.1) is 6.92 Å². The summed E-state index contributed by atoms with van der Waals surface area (Å²) in [4.78, 5) is 24.4. The number of aromatic nitrogens is 4. The van der Waals surface area contributed by atoms with Gasteiger partial charge in [0, 0.05) is 18.4 Å². The Morgan fingerprint density at radius 2 is 2.03 bits per heavy atom. The first-order valence-corrected chi connectivity index (χ1v) is 10.9. The summed E-state index contributed by atoms with van der Waals surface area (Å²) < 4.78 is 2.87. The quantitative estimate of drug-likeness (QED) is 0.432. The lowest BCUT2D eigenvalue weighted by atomic mass is 10.2. The first-order chi connectivity index (χ1) is 14.5. The molecule has 3 heterocycles. The SMILES string of the molecule is CCc1ccc2nc(N(Cc3cccnc3)C(=O)c3cc(C)nn3C(C)C)sc2c1. The fourth-order valence-electron chi connectivity index (χ4n) is 3.40. The molecule has 1 amide bonds. The molecular formula is C23H25N5OS. The Hall–Kier alpha value is -3.06. The summed E-state index contributed by atoms with van der Waals surface area (Å²) in [6, 6.07) is 12.1. The van der Waals surface area contributed by atoms with Crippen LogP contribution in [0.5, 0.6) is 0 Å². The summed E-state index contributed by atoms with van der Waals surface area (Å²) in [5, 5.41) is 5.20. The molecule has 6 nitrogen and oxygen atoms in total. The molecule has 0 fully saturated rings. The van der Waals surface area contributed by atoms with E-state index in [9.17, 15) is 4.79 Å². The second-order valence-electron chi connectivity index (χ2n) is 7.61. The third kappa shape index (κ3) is 3.98. The van der Waals surface area contributed by atoms with E-state index >= 15 is 0 Å². The largest absolute Gasteiger partial charge is 0.278 e. The topological polar surface area (TPSA) is 63.9 Å². The van der Waals surface area contributed by atoms with Gasteiger partial charge in [-0.3, -0.25) is 19.4 Å². The molecule has 1 aromatic carbocycles. The fourth-order valence-corrected chi connectivity index (χ4v) is 4.43. The van der Waals surface area contributed by atoms with Gasteiger partial charge in [0.05, 0.1) is 22.5 Å². The minimum atomic E-state index is -0.108. The number of nitrogens with zero attached hydrogens (tertiary/aromatic N) is 5. The molecule has 0 atom stereocenters. The van der Waals surface area contributed by atoms with Crippen molar-refractivity contribution in [1.29, 1.82) is 0 Å². The predicted molar refractivity (Wildman–Crippen MR) is 121 cm³/mol. The maximum absolute atomic E-state index is 13.7. The van der Waals surface area contributed by atoms with Gasteiger partial charge in [0.15, 0.2) is 5.13 Å². The Balaban J connectivity index is 1.79. The molecule has 30 heavy (non-hydrogen) atoms. The summed E-state index contributed by atoms with van der Waals surface area (Å²) in [6.45, 7) is 8.49. The molecule has 4 rings (SSSR count). The van der Waals surface area contributed by atoms with Gasteiger partial charge in [0.25, 0.3) is 5.91 Å². The molecule has 0 N–H and O–H groups in total. The number of aryl methyl sites for hydroxylation is 2. The maximum Gasteiger partial charge on any atom is 0.278 e. The van der Waals surface area contributed by atoms with Gasteiger partial charge in [-0.15, -0.1) is 0 Å². The summed E-state index contributed by atoms with van der Waals surface area (Å²) in [5.74, 6) is -0.108. The molecule has 4 aromatic rings. The highest BCUT2D eigenvalue weighted by Crippen LogP contribution is 2.32. The Labute approximate surface area is 180 Å². The molecule has 0 aliphatic rings. The van der Waals surface area contributed by atoms with Gasteiger partial charge in [-0.05, 0) is 62.6 Å². The number of carbonyl (C=O) groups is 1. The lowest BCUT2D eigenvalue weighted by Crippen LogP contribution is -2.32. The van der Waals surface area contributed by atoms with Crippen LogP contribution < -0.4 is 4.90 Å². The van der Waals surface area contributed by atoms with E-state index in [1.807, 2.05) is 45.0 Å². The van der Waals surface area contributed by atoms with Crippen molar-refractivity contribution < 1.29 is 4.79 Å². The maximum atomic E-state index is 13.7. The van der Waals surface area contributed by atoms with E-state index in [2.05, 4.69) is 29.1 Å². The van der Waals surface area contributed by atoms with Crippen LogP contribution >= 0.6 is 11.3 Å². The number of anilines is 1. The average molecular weight is 420 g/mol. The minimum absolute atomic E-state index is 0.0837. The van der Waals surface area contributed by atoms with E-state index in [1.165, 1.54) is 5.56 Å². The molecular weight excluding hydrogens is 394 g/mol. The Morgan fingerprint density at radius 3 is 2.73 bits per heavy atom.